The SMILES string of the molecule is CCNC(=NCCn1cccn1)NC(C)CCC(C)(C)C.I. The van der Waals surface area contributed by atoms with Gasteiger partial charge in [0.05, 0.1) is 13.1 Å². The summed E-state index contributed by atoms with van der Waals surface area (Å²) >= 11 is 0. The number of hydrogen-bond acceptors (Lipinski definition) is 2. The van der Waals surface area contributed by atoms with E-state index in [-0.39, 0.29) is 24.0 Å². The maximum absolute atomic E-state index is 4.61. The molecule has 0 amide bonds. The fraction of sp³-hybridized carbons (Fsp3) is 0.750. The number of halogens is 1. The number of aliphatic imine (C=N–C) groups is 1. The molecule has 1 unspecified atom stereocenters. The minimum Gasteiger partial charge on any atom is -0.357 e. The summed E-state index contributed by atoms with van der Waals surface area (Å²) in [7, 11) is 0. The van der Waals surface area contributed by atoms with Gasteiger partial charge < -0.3 is 10.6 Å². The second-order valence-electron chi connectivity index (χ2n) is 6.67. The van der Waals surface area contributed by atoms with E-state index < -0.39 is 0 Å². The Balaban J connectivity index is 0.00000441. The second-order valence-corrected chi connectivity index (χ2v) is 6.67. The monoisotopic (exact) mass is 421 g/mol. The number of nitrogens with one attached hydrogen (secondary N) is 2. The average Bonchev–Trinajstić information content (AvgIpc) is 2.89. The maximum Gasteiger partial charge on any atom is 0.191 e. The topological polar surface area (TPSA) is 54.2 Å². The summed E-state index contributed by atoms with van der Waals surface area (Å²) in [4.78, 5) is 4.61. The molecule has 0 fully saturated rings. The van der Waals surface area contributed by atoms with E-state index in [1.165, 1.54) is 6.42 Å². The first-order chi connectivity index (χ1) is 9.90. The van der Waals surface area contributed by atoms with Crippen LogP contribution in [0.15, 0.2) is 23.5 Å². The lowest BCUT2D eigenvalue weighted by molar-refractivity contribution is 0.346. The minimum atomic E-state index is 0. The van der Waals surface area contributed by atoms with Crippen LogP contribution in [0.3, 0.4) is 0 Å². The summed E-state index contributed by atoms with van der Waals surface area (Å²) in [5.41, 5.74) is 0.380. The van der Waals surface area contributed by atoms with Crippen molar-refractivity contribution in [1.82, 2.24) is 20.4 Å². The molecule has 128 valence electrons. The molecule has 0 spiro atoms. The Morgan fingerprint density at radius 2 is 2.09 bits per heavy atom. The highest BCUT2D eigenvalue weighted by Gasteiger charge is 2.13. The number of aromatic nitrogens is 2. The smallest absolute Gasteiger partial charge is 0.191 e. The van der Waals surface area contributed by atoms with Gasteiger partial charge in [-0.1, -0.05) is 20.8 Å². The van der Waals surface area contributed by atoms with Crippen LogP contribution < -0.4 is 10.6 Å². The summed E-state index contributed by atoms with van der Waals surface area (Å²) in [5.74, 6) is 0.895. The van der Waals surface area contributed by atoms with Crippen molar-refractivity contribution in [2.45, 2.75) is 60.0 Å². The zero-order valence-corrected chi connectivity index (χ0v) is 16.9. The number of rotatable bonds is 7. The van der Waals surface area contributed by atoms with Crippen molar-refractivity contribution < 1.29 is 0 Å². The summed E-state index contributed by atoms with van der Waals surface area (Å²) in [6, 6.07) is 2.36. The predicted molar refractivity (Wildman–Crippen MR) is 105 cm³/mol. The lowest BCUT2D eigenvalue weighted by Crippen LogP contribution is -2.42. The normalized spacial score (nSPS) is 13.4. The molecule has 0 bridgehead atoms. The highest BCUT2D eigenvalue weighted by atomic mass is 127. The van der Waals surface area contributed by atoms with Crippen LogP contribution in [0.5, 0.6) is 0 Å². The van der Waals surface area contributed by atoms with Crippen molar-refractivity contribution in [2.24, 2.45) is 10.4 Å². The van der Waals surface area contributed by atoms with Gasteiger partial charge in [0, 0.05) is 25.0 Å². The molecule has 0 aliphatic rings. The Hall–Kier alpha value is -0.790. The van der Waals surface area contributed by atoms with Crippen molar-refractivity contribution >= 4 is 29.9 Å². The first-order valence-corrected chi connectivity index (χ1v) is 7.93. The Labute approximate surface area is 152 Å². The van der Waals surface area contributed by atoms with Crippen molar-refractivity contribution in [1.29, 1.82) is 0 Å². The molecule has 0 radical (unpaired) electrons. The fourth-order valence-electron chi connectivity index (χ4n) is 1.97. The van der Waals surface area contributed by atoms with Crippen LogP contribution in [0.4, 0.5) is 0 Å². The summed E-state index contributed by atoms with van der Waals surface area (Å²) < 4.78 is 1.90. The van der Waals surface area contributed by atoms with Gasteiger partial charge in [-0.25, -0.2) is 0 Å². The summed E-state index contributed by atoms with van der Waals surface area (Å²) in [6.45, 7) is 13.6. The van der Waals surface area contributed by atoms with E-state index in [0.717, 1.165) is 32.0 Å². The molecule has 1 rings (SSSR count). The largest absolute Gasteiger partial charge is 0.357 e. The zero-order valence-electron chi connectivity index (χ0n) is 14.6. The summed E-state index contributed by atoms with van der Waals surface area (Å²) in [6.07, 6.45) is 6.10. The lowest BCUT2D eigenvalue weighted by atomic mass is 9.89. The molecular formula is C16H32IN5. The van der Waals surface area contributed by atoms with Gasteiger partial charge in [0.1, 0.15) is 0 Å². The highest BCUT2D eigenvalue weighted by molar-refractivity contribution is 14.0. The second kappa shape index (κ2) is 10.9. The molecule has 0 aromatic carbocycles. The minimum absolute atomic E-state index is 0. The van der Waals surface area contributed by atoms with Crippen LogP contribution in [0.2, 0.25) is 0 Å². The van der Waals surface area contributed by atoms with Gasteiger partial charge in [0.15, 0.2) is 5.96 Å². The van der Waals surface area contributed by atoms with Crippen LogP contribution in [-0.2, 0) is 6.54 Å². The van der Waals surface area contributed by atoms with Gasteiger partial charge in [-0.3, -0.25) is 9.67 Å². The first kappa shape index (κ1) is 21.2. The van der Waals surface area contributed by atoms with Crippen LogP contribution in [0.25, 0.3) is 0 Å². The molecule has 0 aliphatic carbocycles. The van der Waals surface area contributed by atoms with Crippen LogP contribution in [0, 0.1) is 5.41 Å². The van der Waals surface area contributed by atoms with Crippen molar-refractivity contribution in [3.05, 3.63) is 18.5 Å². The van der Waals surface area contributed by atoms with Crippen LogP contribution in [0.1, 0.15) is 47.5 Å². The Kier molecular flexibility index (Phi) is 10.5. The molecule has 1 aromatic rings. The van der Waals surface area contributed by atoms with E-state index in [0.29, 0.717) is 11.5 Å². The van der Waals surface area contributed by atoms with Gasteiger partial charge in [0.2, 0.25) is 0 Å². The summed E-state index contributed by atoms with van der Waals surface area (Å²) in [5, 5.41) is 11.0. The van der Waals surface area contributed by atoms with E-state index in [9.17, 15) is 0 Å². The molecule has 0 saturated heterocycles. The third-order valence-corrected chi connectivity index (χ3v) is 3.21. The third kappa shape index (κ3) is 10.0. The van der Waals surface area contributed by atoms with Gasteiger partial charge in [-0.2, -0.15) is 5.10 Å². The lowest BCUT2D eigenvalue weighted by Gasteiger charge is -2.23. The fourth-order valence-corrected chi connectivity index (χ4v) is 1.97. The van der Waals surface area contributed by atoms with E-state index >= 15 is 0 Å². The molecule has 6 heteroatoms. The van der Waals surface area contributed by atoms with E-state index in [1.807, 2.05) is 16.9 Å². The number of hydrogen-bond donors (Lipinski definition) is 2. The Bertz CT molecular complexity index is 409. The van der Waals surface area contributed by atoms with E-state index in [2.05, 4.69) is 55.3 Å². The number of nitrogens with zero attached hydrogens (tertiary/aromatic N) is 3. The van der Waals surface area contributed by atoms with Gasteiger partial charge in [-0.05, 0) is 38.2 Å². The molecule has 22 heavy (non-hydrogen) atoms. The standard InChI is InChI=1S/C16H31N5.HI/c1-6-17-15(18-11-13-21-12-7-10-19-21)20-14(2)8-9-16(3,4)5;/h7,10,12,14H,6,8-9,11,13H2,1-5H3,(H2,17,18,20);1H. The Morgan fingerprint density at radius 3 is 2.64 bits per heavy atom. The van der Waals surface area contributed by atoms with Gasteiger partial charge in [0.25, 0.3) is 0 Å². The molecule has 0 saturated carbocycles. The molecule has 0 aliphatic heterocycles. The van der Waals surface area contributed by atoms with Crippen LogP contribution >= 0.6 is 24.0 Å². The maximum atomic E-state index is 4.61. The Morgan fingerprint density at radius 1 is 1.36 bits per heavy atom. The van der Waals surface area contributed by atoms with Crippen molar-refractivity contribution in [3.8, 4) is 0 Å². The predicted octanol–water partition coefficient (Wildman–Crippen LogP) is 3.27. The average molecular weight is 421 g/mol. The van der Waals surface area contributed by atoms with Gasteiger partial charge in [-0.15, -0.1) is 24.0 Å². The molecule has 1 atom stereocenters. The molecular weight excluding hydrogens is 389 g/mol. The number of guanidine groups is 1. The van der Waals surface area contributed by atoms with Crippen molar-refractivity contribution in [3.63, 3.8) is 0 Å². The zero-order chi connectivity index (χ0) is 15.7. The van der Waals surface area contributed by atoms with Gasteiger partial charge >= 0.3 is 0 Å². The molecule has 1 heterocycles. The van der Waals surface area contributed by atoms with E-state index in [4.69, 9.17) is 0 Å². The van der Waals surface area contributed by atoms with Crippen molar-refractivity contribution in [2.75, 3.05) is 13.1 Å². The first-order valence-electron chi connectivity index (χ1n) is 7.93. The molecule has 1 aromatic heterocycles. The van der Waals surface area contributed by atoms with E-state index in [1.54, 1.807) is 6.20 Å². The quantitative estimate of drug-likeness (QED) is 0.404. The third-order valence-electron chi connectivity index (χ3n) is 3.21. The van der Waals surface area contributed by atoms with Crippen LogP contribution in [-0.4, -0.2) is 34.9 Å². The molecule has 2 N–H and O–H groups in total. The highest BCUT2D eigenvalue weighted by Crippen LogP contribution is 2.21. The molecule has 5 nitrogen and oxygen atoms in total.